The summed E-state index contributed by atoms with van der Waals surface area (Å²) < 4.78 is 0. The van der Waals surface area contributed by atoms with Crippen LogP contribution in [0.25, 0.3) is 0 Å². The van der Waals surface area contributed by atoms with Crippen LogP contribution in [0.1, 0.15) is 26.7 Å². The molecule has 1 heterocycles. The van der Waals surface area contributed by atoms with Gasteiger partial charge in [0.1, 0.15) is 0 Å². The van der Waals surface area contributed by atoms with E-state index in [1.807, 2.05) is 0 Å². The third kappa shape index (κ3) is 3.67. The summed E-state index contributed by atoms with van der Waals surface area (Å²) in [6, 6.07) is -0.0859. The molecule has 0 bridgehead atoms. The molecule has 2 N–H and O–H groups in total. The number of hydrogen-bond donors (Lipinski definition) is 2. The molecule has 0 radical (unpaired) electrons. The fraction of sp³-hybridized carbons (Fsp3) is 0.917. The molecule has 1 aliphatic heterocycles. The van der Waals surface area contributed by atoms with E-state index in [0.29, 0.717) is 5.92 Å². The molecule has 0 aliphatic carbocycles. The maximum atomic E-state index is 11.2. The first-order valence-corrected chi connectivity index (χ1v) is 6.10. The highest BCUT2D eigenvalue weighted by molar-refractivity contribution is 5.73. The maximum absolute atomic E-state index is 11.2. The van der Waals surface area contributed by atoms with Crippen LogP contribution in [0.4, 0.5) is 4.79 Å². The molecule has 0 aromatic carbocycles. The second-order valence-electron chi connectivity index (χ2n) is 5.52. The molecule has 16 heavy (non-hydrogen) atoms. The quantitative estimate of drug-likeness (QED) is 0.763. The SMILES string of the molecule is CNC(=O)NCC(C)(C)C1CCCN(C)C1. The highest BCUT2D eigenvalue weighted by Crippen LogP contribution is 2.32. The third-order valence-corrected chi connectivity index (χ3v) is 3.66. The van der Waals surface area contributed by atoms with E-state index in [-0.39, 0.29) is 11.4 Å². The van der Waals surface area contributed by atoms with Crippen LogP contribution in [0.2, 0.25) is 0 Å². The average Bonchev–Trinajstić information content (AvgIpc) is 2.26. The highest BCUT2D eigenvalue weighted by atomic mass is 16.2. The van der Waals surface area contributed by atoms with Gasteiger partial charge in [-0.15, -0.1) is 0 Å². The number of carbonyl (C=O) groups is 1. The zero-order valence-corrected chi connectivity index (χ0v) is 11.0. The molecule has 94 valence electrons. The number of nitrogens with one attached hydrogen (secondary N) is 2. The van der Waals surface area contributed by atoms with Crippen molar-refractivity contribution in [1.82, 2.24) is 15.5 Å². The lowest BCUT2D eigenvalue weighted by molar-refractivity contribution is 0.104. The topological polar surface area (TPSA) is 44.4 Å². The lowest BCUT2D eigenvalue weighted by Gasteiger charge is -2.40. The first-order chi connectivity index (χ1) is 7.45. The lowest BCUT2D eigenvalue weighted by Crippen LogP contribution is -2.46. The van der Waals surface area contributed by atoms with Crippen molar-refractivity contribution >= 4 is 6.03 Å². The van der Waals surface area contributed by atoms with Crippen molar-refractivity contribution in [3.05, 3.63) is 0 Å². The van der Waals surface area contributed by atoms with Crippen molar-refractivity contribution in [2.45, 2.75) is 26.7 Å². The molecule has 1 fully saturated rings. The minimum absolute atomic E-state index is 0.0859. The van der Waals surface area contributed by atoms with E-state index in [1.165, 1.54) is 19.4 Å². The number of rotatable bonds is 3. The standard InChI is InChI=1S/C12H25N3O/c1-12(2,9-14-11(16)13-3)10-6-5-7-15(4)8-10/h10H,5-9H2,1-4H3,(H2,13,14,16). The Balaban J connectivity index is 2.45. The molecular weight excluding hydrogens is 202 g/mol. The van der Waals surface area contributed by atoms with Crippen LogP contribution in [0, 0.1) is 11.3 Å². The van der Waals surface area contributed by atoms with Gasteiger partial charge in [-0.3, -0.25) is 0 Å². The van der Waals surface area contributed by atoms with E-state index >= 15 is 0 Å². The third-order valence-electron chi connectivity index (χ3n) is 3.66. The molecule has 0 aromatic rings. The molecule has 4 nitrogen and oxygen atoms in total. The van der Waals surface area contributed by atoms with Crippen molar-refractivity contribution in [3.63, 3.8) is 0 Å². The molecule has 2 amide bonds. The van der Waals surface area contributed by atoms with Gasteiger partial charge in [0, 0.05) is 20.1 Å². The first kappa shape index (κ1) is 13.3. The fourth-order valence-electron chi connectivity index (χ4n) is 2.35. The van der Waals surface area contributed by atoms with Crippen LogP contribution < -0.4 is 10.6 Å². The Hall–Kier alpha value is -0.770. The van der Waals surface area contributed by atoms with Gasteiger partial charge in [0.15, 0.2) is 0 Å². The molecule has 0 aromatic heterocycles. The molecule has 0 spiro atoms. The van der Waals surface area contributed by atoms with Gasteiger partial charge < -0.3 is 15.5 Å². The van der Waals surface area contributed by atoms with Crippen molar-refractivity contribution in [1.29, 1.82) is 0 Å². The molecular formula is C12H25N3O. The van der Waals surface area contributed by atoms with Crippen molar-refractivity contribution in [2.24, 2.45) is 11.3 Å². The fourth-order valence-corrected chi connectivity index (χ4v) is 2.35. The molecule has 0 saturated carbocycles. The summed E-state index contributed by atoms with van der Waals surface area (Å²) in [6.45, 7) is 7.57. The predicted octanol–water partition coefficient (Wildman–Crippen LogP) is 1.28. The van der Waals surface area contributed by atoms with E-state index < -0.39 is 0 Å². The normalized spacial score (nSPS) is 22.9. The molecule has 1 rings (SSSR count). The van der Waals surface area contributed by atoms with Crippen molar-refractivity contribution in [3.8, 4) is 0 Å². The largest absolute Gasteiger partial charge is 0.341 e. The zero-order valence-electron chi connectivity index (χ0n) is 11.0. The second kappa shape index (κ2) is 5.53. The number of amides is 2. The predicted molar refractivity (Wildman–Crippen MR) is 66.5 cm³/mol. The number of nitrogens with zero attached hydrogens (tertiary/aromatic N) is 1. The van der Waals surface area contributed by atoms with E-state index in [1.54, 1.807) is 7.05 Å². The summed E-state index contributed by atoms with van der Waals surface area (Å²) in [5.74, 6) is 0.670. The average molecular weight is 227 g/mol. The summed E-state index contributed by atoms with van der Waals surface area (Å²) >= 11 is 0. The number of piperidine rings is 1. The van der Waals surface area contributed by atoms with E-state index in [2.05, 4.69) is 36.4 Å². The number of likely N-dealkylation sites (tertiary alicyclic amines) is 1. The molecule has 1 saturated heterocycles. The molecule has 1 unspecified atom stereocenters. The van der Waals surface area contributed by atoms with Crippen LogP contribution >= 0.6 is 0 Å². The Morgan fingerprint density at radius 2 is 2.19 bits per heavy atom. The lowest BCUT2D eigenvalue weighted by atomic mass is 9.74. The van der Waals surface area contributed by atoms with Gasteiger partial charge in [0.25, 0.3) is 0 Å². The van der Waals surface area contributed by atoms with Crippen LogP contribution in [-0.2, 0) is 0 Å². The van der Waals surface area contributed by atoms with Crippen molar-refractivity contribution in [2.75, 3.05) is 33.7 Å². The van der Waals surface area contributed by atoms with Gasteiger partial charge in [0.05, 0.1) is 0 Å². The Kier molecular flexibility index (Phi) is 4.59. The van der Waals surface area contributed by atoms with Crippen molar-refractivity contribution < 1.29 is 4.79 Å². The zero-order chi connectivity index (χ0) is 12.2. The Morgan fingerprint density at radius 1 is 1.50 bits per heavy atom. The Bertz CT molecular complexity index is 240. The number of carbonyl (C=O) groups excluding carboxylic acids is 1. The van der Waals surface area contributed by atoms with Gasteiger partial charge in [-0.2, -0.15) is 0 Å². The first-order valence-electron chi connectivity index (χ1n) is 6.10. The summed E-state index contributed by atoms with van der Waals surface area (Å²) in [5.41, 5.74) is 0.168. The van der Waals surface area contributed by atoms with Crippen LogP contribution in [-0.4, -0.2) is 44.7 Å². The van der Waals surface area contributed by atoms with E-state index in [4.69, 9.17) is 0 Å². The summed E-state index contributed by atoms with van der Waals surface area (Å²) in [6.07, 6.45) is 2.54. The molecule has 4 heteroatoms. The number of urea groups is 1. The van der Waals surface area contributed by atoms with Crippen LogP contribution in [0.5, 0.6) is 0 Å². The summed E-state index contributed by atoms with van der Waals surface area (Å²) in [7, 11) is 3.82. The van der Waals surface area contributed by atoms with Crippen LogP contribution in [0.3, 0.4) is 0 Å². The molecule has 1 aliphatic rings. The van der Waals surface area contributed by atoms with Gasteiger partial charge in [-0.05, 0) is 37.8 Å². The minimum Gasteiger partial charge on any atom is -0.341 e. The van der Waals surface area contributed by atoms with E-state index in [9.17, 15) is 4.79 Å². The van der Waals surface area contributed by atoms with E-state index in [0.717, 1.165) is 13.1 Å². The maximum Gasteiger partial charge on any atom is 0.314 e. The second-order valence-corrected chi connectivity index (χ2v) is 5.52. The Labute approximate surface area is 98.8 Å². The van der Waals surface area contributed by atoms with Gasteiger partial charge >= 0.3 is 6.03 Å². The monoisotopic (exact) mass is 227 g/mol. The van der Waals surface area contributed by atoms with Crippen LogP contribution in [0.15, 0.2) is 0 Å². The van der Waals surface area contributed by atoms with Gasteiger partial charge in [-0.25, -0.2) is 4.79 Å². The minimum atomic E-state index is -0.0859. The highest BCUT2D eigenvalue weighted by Gasteiger charge is 2.32. The van der Waals surface area contributed by atoms with Gasteiger partial charge in [-0.1, -0.05) is 13.8 Å². The molecule has 1 atom stereocenters. The Morgan fingerprint density at radius 3 is 2.75 bits per heavy atom. The number of hydrogen-bond acceptors (Lipinski definition) is 2. The smallest absolute Gasteiger partial charge is 0.314 e. The summed E-state index contributed by atoms with van der Waals surface area (Å²) in [5, 5.41) is 5.50. The summed E-state index contributed by atoms with van der Waals surface area (Å²) in [4.78, 5) is 13.6. The van der Waals surface area contributed by atoms with Gasteiger partial charge in [0.2, 0.25) is 0 Å².